The first-order valence-corrected chi connectivity index (χ1v) is 27.1. The van der Waals surface area contributed by atoms with Gasteiger partial charge in [-0.05, 0) is 56.6 Å². The Hall–Kier alpha value is -3.29. The lowest BCUT2D eigenvalue weighted by molar-refractivity contribution is 0.111. The van der Waals surface area contributed by atoms with Crippen LogP contribution in [-0.2, 0) is 51.8 Å². The maximum Gasteiger partial charge on any atom is 0.407 e. The lowest BCUT2D eigenvalue weighted by atomic mass is 10.1. The van der Waals surface area contributed by atoms with E-state index in [1.165, 1.54) is 19.6 Å². The summed E-state index contributed by atoms with van der Waals surface area (Å²) in [4.78, 5) is 25.6. The molecule has 2 aromatic carbocycles. The largest absolute Gasteiger partial charge is 0.445 e. The number of rotatable bonds is 11. The van der Waals surface area contributed by atoms with Crippen LogP contribution >= 0.6 is 10.7 Å². The van der Waals surface area contributed by atoms with Crippen molar-refractivity contribution in [3.8, 4) is 0 Å². The van der Waals surface area contributed by atoms with Crippen LogP contribution in [0.5, 0.6) is 0 Å². The number of hydrogen-bond acceptors (Lipinski definition) is 13. The van der Waals surface area contributed by atoms with Crippen molar-refractivity contribution in [2.45, 2.75) is 89.9 Å². The Morgan fingerprint density at radius 3 is 1.44 bits per heavy atom. The topological polar surface area (TPSA) is 227 Å². The lowest BCUT2D eigenvalue weighted by Crippen LogP contribution is -2.53. The molecule has 3 heterocycles. The average Bonchev–Trinajstić information content (AvgIpc) is 3.23. The fourth-order valence-corrected chi connectivity index (χ4v) is 7.72. The van der Waals surface area contributed by atoms with Gasteiger partial charge in [-0.25, -0.2) is 48.0 Å². The van der Waals surface area contributed by atoms with E-state index in [1.807, 2.05) is 60.7 Å². The van der Waals surface area contributed by atoms with Crippen LogP contribution < -0.4 is 21.7 Å². The molecule has 3 saturated heterocycles. The van der Waals surface area contributed by atoms with Crippen LogP contribution in [0.15, 0.2) is 60.7 Å². The average molecular weight is 995 g/mol. The molecule has 368 valence electrons. The molecule has 64 heavy (non-hydrogen) atoms. The molecule has 0 aliphatic carbocycles. The highest BCUT2D eigenvalue weighted by Crippen LogP contribution is 2.17. The number of benzene rings is 2. The number of ether oxygens (including phenoxy) is 2. The number of nitrogens with zero attached hydrogens (tertiary/aromatic N) is 3. The van der Waals surface area contributed by atoms with Crippen molar-refractivity contribution >= 4 is 52.0 Å². The van der Waals surface area contributed by atoms with Crippen molar-refractivity contribution in [1.82, 2.24) is 29.5 Å². The molecule has 0 unspecified atom stereocenters. The summed E-state index contributed by atoms with van der Waals surface area (Å²) in [6, 6.07) is 16.8. The third kappa shape index (κ3) is 26.6. The second kappa shape index (κ2) is 30.1. The molecule has 5 N–H and O–H groups in total. The standard InChI is InChI=1S/C14H19FN2O4S.C13H17FN2O2.C6H13FN2O2S.C6H15N.CH3ClO2S/c1-22(19,20)17-8-7-13(12(15)9-17)16-14(18)21-10-11-5-3-2-4-6-11;14-11-8-15-7-6-12(11)16-13(17)18-9-10-4-2-1-3-5-10;1-12(10,11)9-3-2-6(8)5(7)4-9;1-4-7(5-2)6-3;1-5(2,3)4/h2-6,12-13H,7-10H2,1H3,(H,16,18);1-5,11-12,15H,6-9H2,(H,16,17);5-6H,2-4,8H2,1H3;4-6H2,1-3H3;1H3/t12-,13+;11-,12+;5-,6+;;/m111../s1. The van der Waals surface area contributed by atoms with Gasteiger partial charge >= 0.3 is 12.2 Å². The number of piperidine rings is 3. The minimum absolute atomic E-state index is 0.0972. The second-order valence-electron chi connectivity index (χ2n) is 15.0. The smallest absolute Gasteiger partial charge is 0.407 e. The van der Waals surface area contributed by atoms with Crippen LogP contribution in [0.4, 0.5) is 22.8 Å². The summed E-state index contributed by atoms with van der Waals surface area (Å²) in [6.07, 6.45) is -0.751. The first-order chi connectivity index (χ1) is 29.9. The molecule has 0 aromatic heterocycles. The van der Waals surface area contributed by atoms with E-state index >= 15 is 0 Å². The molecule has 2 aromatic rings. The van der Waals surface area contributed by atoms with Crippen LogP contribution in [-0.4, -0.2) is 165 Å². The van der Waals surface area contributed by atoms with Gasteiger partial charge in [0, 0.05) is 49.4 Å². The summed E-state index contributed by atoms with van der Waals surface area (Å²) in [6.45, 7) is 11.6. The van der Waals surface area contributed by atoms with Crippen molar-refractivity contribution in [2.75, 3.05) is 77.7 Å². The Labute approximate surface area is 382 Å². The highest BCUT2D eigenvalue weighted by atomic mass is 35.7. The molecule has 3 aliphatic rings. The molecule has 5 rings (SSSR count). The zero-order valence-electron chi connectivity index (χ0n) is 37.4. The van der Waals surface area contributed by atoms with E-state index in [1.54, 1.807) is 0 Å². The Morgan fingerprint density at radius 2 is 1.09 bits per heavy atom. The van der Waals surface area contributed by atoms with Crippen molar-refractivity contribution < 1.29 is 57.5 Å². The molecule has 0 saturated carbocycles. The fourth-order valence-electron chi connectivity index (χ4n) is 6.02. The zero-order valence-corrected chi connectivity index (χ0v) is 40.6. The van der Waals surface area contributed by atoms with Gasteiger partial charge in [0.15, 0.2) is 0 Å². The highest BCUT2D eigenvalue weighted by Gasteiger charge is 2.34. The zero-order chi connectivity index (χ0) is 48.5. The Kier molecular flexibility index (Phi) is 27.6. The number of hydrogen-bond donors (Lipinski definition) is 4. The normalized spacial score (nSPS) is 22.8. The monoisotopic (exact) mass is 993 g/mol. The van der Waals surface area contributed by atoms with Gasteiger partial charge in [0.25, 0.3) is 0 Å². The summed E-state index contributed by atoms with van der Waals surface area (Å²) < 4.78 is 116. The lowest BCUT2D eigenvalue weighted by Gasteiger charge is -2.33. The molecule has 0 spiro atoms. The fraction of sp³-hybridized carbons (Fsp3) is 0.650. The number of amides is 2. The number of halogens is 4. The maximum atomic E-state index is 14.0. The van der Waals surface area contributed by atoms with E-state index in [0.717, 1.165) is 38.5 Å². The van der Waals surface area contributed by atoms with Gasteiger partial charge < -0.3 is 36.1 Å². The SMILES string of the molecule is CCN(CC)CC.CS(=O)(=O)Cl.CS(=O)(=O)N1CC[C@H](N)[C@H](F)C1.CS(=O)(=O)N1CC[C@H](NC(=O)OCc2ccccc2)[C@H](F)C1.O=C(N[C@H]1CCNC[C@H]1F)OCc1ccccc1. The molecule has 0 radical (unpaired) electrons. The summed E-state index contributed by atoms with van der Waals surface area (Å²) in [5, 5.41) is 7.94. The van der Waals surface area contributed by atoms with Crippen molar-refractivity contribution in [3.63, 3.8) is 0 Å². The number of alkyl halides is 3. The molecular formula is C40H67ClF3N7O10S3. The van der Waals surface area contributed by atoms with Gasteiger partial charge in [-0.2, -0.15) is 8.61 Å². The molecule has 3 fully saturated rings. The van der Waals surface area contributed by atoms with Gasteiger partial charge in [0.2, 0.25) is 29.1 Å². The predicted octanol–water partition coefficient (Wildman–Crippen LogP) is 3.75. The summed E-state index contributed by atoms with van der Waals surface area (Å²) in [7, 11) is -5.34. The first-order valence-electron chi connectivity index (χ1n) is 20.7. The predicted molar refractivity (Wildman–Crippen MR) is 243 cm³/mol. The van der Waals surface area contributed by atoms with E-state index in [0.29, 0.717) is 25.9 Å². The molecule has 3 aliphatic heterocycles. The van der Waals surface area contributed by atoms with Crippen molar-refractivity contribution in [2.24, 2.45) is 5.73 Å². The highest BCUT2D eigenvalue weighted by molar-refractivity contribution is 8.13. The summed E-state index contributed by atoms with van der Waals surface area (Å²) >= 11 is 0. The number of carbonyl (C=O) groups excluding carboxylic acids is 2. The summed E-state index contributed by atoms with van der Waals surface area (Å²) in [5.74, 6) is 0. The Balaban J connectivity index is 0.000000437. The van der Waals surface area contributed by atoms with Crippen molar-refractivity contribution in [1.29, 1.82) is 0 Å². The van der Waals surface area contributed by atoms with Crippen LogP contribution in [0.3, 0.4) is 0 Å². The number of sulfonamides is 2. The van der Waals surface area contributed by atoms with Crippen LogP contribution in [0.25, 0.3) is 0 Å². The van der Waals surface area contributed by atoms with Crippen LogP contribution in [0.1, 0.15) is 51.2 Å². The Morgan fingerprint density at radius 1 is 0.703 bits per heavy atom. The molecule has 2 amide bonds. The van der Waals surface area contributed by atoms with Crippen LogP contribution in [0.2, 0.25) is 0 Å². The molecule has 0 bridgehead atoms. The van der Waals surface area contributed by atoms with Gasteiger partial charge in [0.05, 0.1) is 30.9 Å². The van der Waals surface area contributed by atoms with Gasteiger partial charge in [-0.1, -0.05) is 81.4 Å². The maximum absolute atomic E-state index is 14.0. The van der Waals surface area contributed by atoms with Crippen LogP contribution in [0, 0.1) is 0 Å². The van der Waals surface area contributed by atoms with E-state index in [-0.39, 0.29) is 45.8 Å². The van der Waals surface area contributed by atoms with E-state index in [4.69, 9.17) is 15.2 Å². The number of nitrogens with two attached hydrogens (primary N) is 1. The molecular weight excluding hydrogens is 927 g/mol. The van der Waals surface area contributed by atoms with E-state index in [2.05, 4.69) is 52.3 Å². The summed E-state index contributed by atoms with van der Waals surface area (Å²) in [5.41, 5.74) is 7.13. The molecule has 6 atom stereocenters. The van der Waals surface area contributed by atoms with Gasteiger partial charge in [0.1, 0.15) is 31.7 Å². The molecule has 17 nitrogen and oxygen atoms in total. The minimum atomic E-state index is -3.41. The quantitative estimate of drug-likeness (QED) is 0.236. The van der Waals surface area contributed by atoms with Gasteiger partial charge in [-0.3, -0.25) is 0 Å². The van der Waals surface area contributed by atoms with Crippen molar-refractivity contribution in [3.05, 3.63) is 71.8 Å². The first kappa shape index (κ1) is 58.7. The number of carbonyl (C=O) groups is 2. The number of nitrogens with one attached hydrogen (secondary N) is 3. The minimum Gasteiger partial charge on any atom is -0.445 e. The van der Waals surface area contributed by atoms with Gasteiger partial charge in [-0.15, -0.1) is 0 Å². The third-order valence-electron chi connectivity index (χ3n) is 9.78. The Bertz CT molecular complexity index is 1950. The van der Waals surface area contributed by atoms with E-state index in [9.17, 15) is 48.0 Å². The molecule has 24 heteroatoms. The second-order valence-corrected chi connectivity index (χ2v) is 22.0. The van der Waals surface area contributed by atoms with E-state index < -0.39 is 77.9 Å². The third-order valence-corrected chi connectivity index (χ3v) is 12.3. The number of alkyl carbamates (subject to hydrolysis) is 2.